The van der Waals surface area contributed by atoms with E-state index in [2.05, 4.69) is 223 Å². The summed E-state index contributed by atoms with van der Waals surface area (Å²) in [6, 6.07) is 84.8. The predicted molar refractivity (Wildman–Crippen MR) is 253 cm³/mol. The van der Waals surface area contributed by atoms with Gasteiger partial charge in [-0.05, 0) is 121 Å². The van der Waals surface area contributed by atoms with Crippen molar-refractivity contribution in [1.29, 1.82) is 0 Å². The maximum Gasteiger partial charge on any atom is 0.135 e. The normalized spacial score (nSPS) is 11.3. The van der Waals surface area contributed by atoms with E-state index in [-0.39, 0.29) is 0 Å². The number of para-hydroxylation sites is 1. The van der Waals surface area contributed by atoms with Crippen LogP contribution in [0.1, 0.15) is 0 Å². The van der Waals surface area contributed by atoms with Gasteiger partial charge in [0.2, 0.25) is 0 Å². The van der Waals surface area contributed by atoms with E-state index in [1.54, 1.807) is 0 Å². The Morgan fingerprint density at radius 3 is 1.52 bits per heavy atom. The lowest BCUT2D eigenvalue weighted by atomic mass is 9.89. The Hall–Kier alpha value is -7.94. The smallest absolute Gasteiger partial charge is 0.135 e. The molecule has 0 saturated heterocycles. The molecule has 0 fully saturated rings. The van der Waals surface area contributed by atoms with E-state index in [1.807, 2.05) is 18.2 Å². The summed E-state index contributed by atoms with van der Waals surface area (Å²) in [6.07, 6.45) is 0. The third-order valence-corrected chi connectivity index (χ3v) is 11.7. The van der Waals surface area contributed by atoms with Crippen LogP contribution in [0, 0.1) is 0 Å². The number of hydrogen-bond donors (Lipinski definition) is 0. The molecule has 1 aromatic heterocycles. The van der Waals surface area contributed by atoms with Crippen molar-refractivity contribution in [3.63, 3.8) is 0 Å². The molecular weight excluding hydrogens is 727 g/mol. The second-order valence-corrected chi connectivity index (χ2v) is 15.3. The molecule has 0 saturated carbocycles. The molecule has 60 heavy (non-hydrogen) atoms. The fraction of sp³-hybridized carbons (Fsp3) is 0. The standard InChI is InChI=1S/C58H39NO/c1-2-13-41(14-3-1)52-20-7-9-22-55(52)56-23-10-8-21-53(56)43-29-34-49(35-30-43)59(50-18-12-17-46(38-50)58-39-47-16-5-11-24-57(47)60-58)48-32-27-40(28-33-48)44-31-36-54-45(37-44)26-25-42-15-4-6-19-51(42)54/h1-39H. The number of hydrogen-bond acceptors (Lipinski definition) is 2. The maximum absolute atomic E-state index is 6.35. The second kappa shape index (κ2) is 15.1. The number of nitrogens with zero attached hydrogens (tertiary/aromatic N) is 1. The Morgan fingerprint density at radius 2 is 0.800 bits per heavy atom. The summed E-state index contributed by atoms with van der Waals surface area (Å²) in [5.41, 5.74) is 14.7. The van der Waals surface area contributed by atoms with E-state index in [9.17, 15) is 0 Å². The Bertz CT molecular complexity index is 3270. The molecule has 0 spiro atoms. The molecule has 2 nitrogen and oxygen atoms in total. The third kappa shape index (κ3) is 6.51. The fourth-order valence-corrected chi connectivity index (χ4v) is 8.71. The minimum absolute atomic E-state index is 0.847. The van der Waals surface area contributed by atoms with Crippen LogP contribution in [0.2, 0.25) is 0 Å². The summed E-state index contributed by atoms with van der Waals surface area (Å²) in [5, 5.41) is 6.15. The molecule has 0 aliphatic rings. The van der Waals surface area contributed by atoms with Crippen LogP contribution in [0.5, 0.6) is 0 Å². The first-order valence-electron chi connectivity index (χ1n) is 20.5. The van der Waals surface area contributed by atoms with Crippen molar-refractivity contribution in [2.45, 2.75) is 0 Å². The third-order valence-electron chi connectivity index (χ3n) is 11.7. The summed E-state index contributed by atoms with van der Waals surface area (Å²) in [7, 11) is 0. The Labute approximate surface area is 349 Å². The highest BCUT2D eigenvalue weighted by molar-refractivity contribution is 6.08. The molecule has 1 heterocycles. The van der Waals surface area contributed by atoms with Crippen LogP contribution in [-0.2, 0) is 0 Å². The summed E-state index contributed by atoms with van der Waals surface area (Å²) >= 11 is 0. The van der Waals surface area contributed by atoms with Crippen molar-refractivity contribution in [3.05, 3.63) is 237 Å². The minimum atomic E-state index is 0.847. The molecule has 0 amide bonds. The lowest BCUT2D eigenvalue weighted by Gasteiger charge is -2.26. The largest absolute Gasteiger partial charge is 0.456 e. The lowest BCUT2D eigenvalue weighted by molar-refractivity contribution is 0.631. The van der Waals surface area contributed by atoms with E-state index < -0.39 is 0 Å². The van der Waals surface area contributed by atoms with Gasteiger partial charge in [-0.25, -0.2) is 0 Å². The van der Waals surface area contributed by atoms with Crippen LogP contribution in [0.15, 0.2) is 241 Å². The van der Waals surface area contributed by atoms with Gasteiger partial charge in [-0.1, -0.05) is 182 Å². The zero-order chi connectivity index (χ0) is 39.8. The van der Waals surface area contributed by atoms with Gasteiger partial charge in [0, 0.05) is 28.0 Å². The van der Waals surface area contributed by atoms with Crippen LogP contribution < -0.4 is 4.90 Å². The summed E-state index contributed by atoms with van der Waals surface area (Å²) < 4.78 is 6.35. The van der Waals surface area contributed by atoms with Gasteiger partial charge in [0.15, 0.2) is 0 Å². The van der Waals surface area contributed by atoms with Crippen molar-refractivity contribution in [3.8, 4) is 55.8 Å². The zero-order valence-corrected chi connectivity index (χ0v) is 32.9. The Balaban J connectivity index is 0.987. The molecule has 10 aromatic carbocycles. The maximum atomic E-state index is 6.35. The van der Waals surface area contributed by atoms with Crippen LogP contribution in [0.3, 0.4) is 0 Å². The minimum Gasteiger partial charge on any atom is -0.456 e. The average molecular weight is 766 g/mol. The summed E-state index contributed by atoms with van der Waals surface area (Å²) in [4.78, 5) is 2.34. The summed E-state index contributed by atoms with van der Waals surface area (Å²) in [5.74, 6) is 0.847. The van der Waals surface area contributed by atoms with Gasteiger partial charge >= 0.3 is 0 Å². The van der Waals surface area contributed by atoms with Gasteiger partial charge in [0.25, 0.3) is 0 Å². The molecule has 0 aliphatic heterocycles. The number of fused-ring (bicyclic) bond motifs is 4. The number of anilines is 3. The highest BCUT2D eigenvalue weighted by Gasteiger charge is 2.17. The molecular formula is C58H39NO. The van der Waals surface area contributed by atoms with Crippen molar-refractivity contribution < 1.29 is 4.42 Å². The van der Waals surface area contributed by atoms with Gasteiger partial charge < -0.3 is 9.32 Å². The predicted octanol–water partition coefficient (Wildman–Crippen LogP) is 16.5. The van der Waals surface area contributed by atoms with E-state index in [4.69, 9.17) is 4.42 Å². The van der Waals surface area contributed by atoms with Gasteiger partial charge in [-0.3, -0.25) is 0 Å². The molecule has 0 radical (unpaired) electrons. The number of benzene rings is 10. The molecule has 0 unspecified atom stereocenters. The topological polar surface area (TPSA) is 16.4 Å². The van der Waals surface area contributed by atoms with Gasteiger partial charge in [-0.2, -0.15) is 0 Å². The SMILES string of the molecule is c1ccc(-c2ccccc2-c2ccccc2-c2ccc(N(c3ccc(-c4ccc5c(ccc6ccccc65)c4)cc3)c3cccc(-c4cc5ccccc5o4)c3)cc2)cc1. The first-order valence-corrected chi connectivity index (χ1v) is 20.5. The van der Waals surface area contributed by atoms with Gasteiger partial charge in [0.1, 0.15) is 11.3 Å². The van der Waals surface area contributed by atoms with Gasteiger partial charge in [-0.15, -0.1) is 0 Å². The molecule has 11 aromatic rings. The van der Waals surface area contributed by atoms with Crippen LogP contribution in [0.4, 0.5) is 17.1 Å². The molecule has 0 bridgehead atoms. The molecule has 0 aliphatic carbocycles. The molecule has 0 N–H and O–H groups in total. The van der Waals surface area contributed by atoms with E-state index >= 15 is 0 Å². The molecule has 0 atom stereocenters. The second-order valence-electron chi connectivity index (χ2n) is 15.3. The first kappa shape index (κ1) is 35.2. The molecule has 2 heteroatoms. The highest BCUT2D eigenvalue weighted by Crippen LogP contribution is 2.42. The molecule has 11 rings (SSSR count). The van der Waals surface area contributed by atoms with Crippen LogP contribution in [0.25, 0.3) is 88.3 Å². The lowest BCUT2D eigenvalue weighted by Crippen LogP contribution is -2.10. The van der Waals surface area contributed by atoms with E-state index in [0.717, 1.165) is 44.9 Å². The first-order chi connectivity index (χ1) is 29.7. The van der Waals surface area contributed by atoms with Crippen LogP contribution in [-0.4, -0.2) is 0 Å². The van der Waals surface area contributed by atoms with Crippen LogP contribution >= 0.6 is 0 Å². The average Bonchev–Trinajstić information content (AvgIpc) is 3.77. The van der Waals surface area contributed by atoms with E-state index in [0.29, 0.717) is 0 Å². The van der Waals surface area contributed by atoms with E-state index in [1.165, 1.54) is 60.5 Å². The van der Waals surface area contributed by atoms with Crippen molar-refractivity contribution in [2.75, 3.05) is 4.90 Å². The fourth-order valence-electron chi connectivity index (χ4n) is 8.71. The van der Waals surface area contributed by atoms with Crippen molar-refractivity contribution in [2.24, 2.45) is 0 Å². The Kier molecular flexibility index (Phi) is 8.87. The Morgan fingerprint density at radius 1 is 0.267 bits per heavy atom. The highest BCUT2D eigenvalue weighted by atomic mass is 16.3. The van der Waals surface area contributed by atoms with Crippen molar-refractivity contribution >= 4 is 49.6 Å². The monoisotopic (exact) mass is 765 g/mol. The quantitative estimate of drug-likeness (QED) is 0.143. The van der Waals surface area contributed by atoms with Gasteiger partial charge in [0.05, 0.1) is 0 Å². The number of furan rings is 1. The van der Waals surface area contributed by atoms with Crippen molar-refractivity contribution in [1.82, 2.24) is 0 Å². The number of rotatable bonds is 8. The summed E-state index contributed by atoms with van der Waals surface area (Å²) in [6.45, 7) is 0. The zero-order valence-electron chi connectivity index (χ0n) is 32.9. The molecule has 282 valence electrons.